The summed E-state index contributed by atoms with van der Waals surface area (Å²) >= 11 is 0. The van der Waals surface area contributed by atoms with Gasteiger partial charge in [0.05, 0.1) is 11.5 Å². The molecule has 27 heavy (non-hydrogen) atoms. The molecule has 0 bridgehead atoms. The van der Waals surface area contributed by atoms with E-state index in [-0.39, 0.29) is 13.2 Å². The van der Waals surface area contributed by atoms with Crippen molar-refractivity contribution in [2.24, 2.45) is 0 Å². The molecule has 0 radical (unpaired) electrons. The topological polar surface area (TPSA) is 38.7 Å². The van der Waals surface area contributed by atoms with Crippen LogP contribution in [0.25, 0.3) is 0 Å². The van der Waals surface area contributed by atoms with Gasteiger partial charge in [-0.3, -0.25) is 0 Å². The van der Waals surface area contributed by atoms with Gasteiger partial charge in [-0.25, -0.2) is 0 Å². The number of rotatable bonds is 13. The van der Waals surface area contributed by atoms with Gasteiger partial charge in [0.2, 0.25) is 0 Å². The number of hydrogen-bond acceptors (Lipinski definition) is 3. The van der Waals surface area contributed by atoms with Gasteiger partial charge in [0.1, 0.15) is 0 Å². The van der Waals surface area contributed by atoms with Gasteiger partial charge >= 0.3 is 6.18 Å². The maximum absolute atomic E-state index is 12.8. The second-order valence-electron chi connectivity index (χ2n) is 6.73. The van der Waals surface area contributed by atoms with Crippen LogP contribution in [0.1, 0.15) is 82.8 Å². The molecule has 1 aromatic carbocycles. The van der Waals surface area contributed by atoms with Crippen molar-refractivity contribution in [1.82, 2.24) is 0 Å². The number of halogens is 3. The van der Waals surface area contributed by atoms with Crippen molar-refractivity contribution < 1.29 is 27.8 Å². The van der Waals surface area contributed by atoms with Crippen molar-refractivity contribution in [2.75, 3.05) is 13.2 Å². The molecule has 156 valence electrons. The summed E-state index contributed by atoms with van der Waals surface area (Å²) in [6.45, 7) is 6.14. The molecule has 0 aliphatic carbocycles. The normalized spacial score (nSPS) is 13.7. The maximum Gasteiger partial charge on any atom is 0.416 e. The molecule has 6 heteroatoms. The molecule has 0 aliphatic heterocycles. The van der Waals surface area contributed by atoms with Crippen LogP contribution < -0.4 is 0 Å². The predicted octanol–water partition coefficient (Wildman–Crippen LogP) is 6.26. The fraction of sp³-hybridized carbons (Fsp3) is 0.714. The number of benzene rings is 1. The second-order valence-corrected chi connectivity index (χ2v) is 6.73. The lowest BCUT2D eigenvalue weighted by Crippen LogP contribution is -2.42. The first kappa shape index (κ1) is 23.9. The zero-order valence-corrected chi connectivity index (χ0v) is 16.6. The molecule has 1 aromatic rings. The molecule has 1 atom stereocenters. The molecular formula is C21H33F3O3. The lowest BCUT2D eigenvalue weighted by Gasteiger charge is -2.35. The van der Waals surface area contributed by atoms with Gasteiger partial charge < -0.3 is 14.6 Å². The minimum absolute atomic E-state index is 0.240. The van der Waals surface area contributed by atoms with E-state index in [9.17, 15) is 18.3 Å². The number of unbranched alkanes of at least 4 members (excludes halogenated alkanes) is 5. The van der Waals surface area contributed by atoms with E-state index in [2.05, 4.69) is 6.92 Å². The summed E-state index contributed by atoms with van der Waals surface area (Å²) in [5, 5.41) is 10.9. The molecule has 1 N–H and O–H groups in total. The summed E-state index contributed by atoms with van der Waals surface area (Å²) < 4.78 is 49.5. The summed E-state index contributed by atoms with van der Waals surface area (Å²) in [6, 6.07) is 4.91. The first-order chi connectivity index (χ1) is 12.8. The van der Waals surface area contributed by atoms with Crippen molar-refractivity contribution in [1.29, 1.82) is 0 Å². The van der Waals surface area contributed by atoms with E-state index in [0.29, 0.717) is 12.0 Å². The van der Waals surface area contributed by atoms with Gasteiger partial charge in [0.15, 0.2) is 0 Å². The smallest absolute Gasteiger partial charge is 0.343 e. The van der Waals surface area contributed by atoms with Crippen LogP contribution in [0.4, 0.5) is 13.2 Å². The summed E-state index contributed by atoms with van der Waals surface area (Å²) in [7, 11) is 0. The molecule has 0 spiro atoms. The Morgan fingerprint density at radius 3 is 1.85 bits per heavy atom. The fourth-order valence-corrected chi connectivity index (χ4v) is 3.25. The summed E-state index contributed by atoms with van der Waals surface area (Å²) in [6.07, 6.45) is 2.69. The molecule has 1 unspecified atom stereocenters. The van der Waals surface area contributed by atoms with Gasteiger partial charge in [0, 0.05) is 13.2 Å². The van der Waals surface area contributed by atoms with Crippen LogP contribution in [0, 0.1) is 0 Å². The molecule has 0 saturated heterocycles. The number of aliphatic hydroxyl groups is 1. The highest BCUT2D eigenvalue weighted by Gasteiger charge is 2.40. The number of ether oxygens (including phenoxy) is 2. The van der Waals surface area contributed by atoms with Gasteiger partial charge in [-0.05, 0) is 38.0 Å². The Kier molecular flexibility index (Phi) is 10.3. The van der Waals surface area contributed by atoms with E-state index in [4.69, 9.17) is 9.47 Å². The van der Waals surface area contributed by atoms with Crippen molar-refractivity contribution >= 4 is 0 Å². The summed E-state index contributed by atoms with van der Waals surface area (Å²) in [4.78, 5) is 0. The molecule has 0 amide bonds. The van der Waals surface area contributed by atoms with Crippen molar-refractivity contribution in [3.8, 4) is 0 Å². The van der Waals surface area contributed by atoms with Crippen molar-refractivity contribution in [3.05, 3.63) is 35.4 Å². The average molecular weight is 390 g/mol. The van der Waals surface area contributed by atoms with Crippen LogP contribution in [-0.2, 0) is 15.7 Å². The second kappa shape index (κ2) is 11.7. The molecule has 0 aliphatic rings. The third-order valence-electron chi connectivity index (χ3n) is 4.63. The minimum Gasteiger partial charge on any atom is -0.343 e. The fourth-order valence-electron chi connectivity index (χ4n) is 3.25. The Bertz CT molecular complexity index is 508. The quantitative estimate of drug-likeness (QED) is 0.319. The van der Waals surface area contributed by atoms with Gasteiger partial charge in [0.25, 0.3) is 5.97 Å². The van der Waals surface area contributed by atoms with E-state index in [1.165, 1.54) is 31.4 Å². The van der Waals surface area contributed by atoms with E-state index in [1.54, 1.807) is 13.8 Å². The molecule has 0 saturated carbocycles. The van der Waals surface area contributed by atoms with Crippen molar-refractivity contribution in [3.63, 3.8) is 0 Å². The monoisotopic (exact) mass is 390 g/mol. The molecule has 1 rings (SSSR count). The van der Waals surface area contributed by atoms with Crippen LogP contribution in [0.2, 0.25) is 0 Å². The highest BCUT2D eigenvalue weighted by atomic mass is 19.4. The summed E-state index contributed by atoms with van der Waals surface area (Å²) in [5.41, 5.74) is -0.123. The molecule has 0 aromatic heterocycles. The van der Waals surface area contributed by atoms with Crippen molar-refractivity contribution in [2.45, 2.75) is 83.8 Å². The Labute approximate surface area is 160 Å². The van der Waals surface area contributed by atoms with Crippen LogP contribution in [0.3, 0.4) is 0 Å². The van der Waals surface area contributed by atoms with Crippen LogP contribution in [-0.4, -0.2) is 24.3 Å². The zero-order chi connectivity index (χ0) is 20.3. The maximum atomic E-state index is 12.8. The van der Waals surface area contributed by atoms with Crippen LogP contribution in [0.5, 0.6) is 0 Å². The van der Waals surface area contributed by atoms with Gasteiger partial charge in [-0.15, -0.1) is 0 Å². The summed E-state index contributed by atoms with van der Waals surface area (Å²) in [5.74, 6) is -2.39. The van der Waals surface area contributed by atoms with Gasteiger partial charge in [-0.2, -0.15) is 13.2 Å². The Morgan fingerprint density at radius 2 is 1.37 bits per heavy atom. The number of hydrogen-bond donors (Lipinski definition) is 1. The Balaban J connectivity index is 2.95. The SMILES string of the molecule is CCCCCCCCC(c1ccc(C(F)(F)F)cc1)C(O)(OCC)OCC. The predicted molar refractivity (Wildman–Crippen MR) is 100 cm³/mol. The largest absolute Gasteiger partial charge is 0.416 e. The minimum atomic E-state index is -4.39. The first-order valence-electron chi connectivity index (χ1n) is 9.95. The number of alkyl halides is 3. The lowest BCUT2D eigenvalue weighted by molar-refractivity contribution is -0.370. The molecule has 3 nitrogen and oxygen atoms in total. The lowest BCUT2D eigenvalue weighted by atomic mass is 9.89. The van der Waals surface area contributed by atoms with Gasteiger partial charge in [-0.1, -0.05) is 57.6 Å². The van der Waals surface area contributed by atoms with E-state index < -0.39 is 23.6 Å². The Morgan fingerprint density at radius 1 is 0.852 bits per heavy atom. The third kappa shape index (κ3) is 7.80. The third-order valence-corrected chi connectivity index (χ3v) is 4.63. The van der Waals surface area contributed by atoms with E-state index in [0.717, 1.165) is 31.4 Å². The molecule has 0 fully saturated rings. The highest BCUT2D eigenvalue weighted by Crippen LogP contribution is 2.37. The highest BCUT2D eigenvalue weighted by molar-refractivity contribution is 5.28. The zero-order valence-electron chi connectivity index (χ0n) is 16.6. The van der Waals surface area contributed by atoms with Crippen LogP contribution in [0.15, 0.2) is 24.3 Å². The van der Waals surface area contributed by atoms with Crippen LogP contribution >= 0.6 is 0 Å². The standard InChI is InChI=1S/C21H33F3O3/c1-4-7-8-9-10-11-12-19(21(25,26-5-2)27-6-3)17-13-15-18(16-14-17)20(22,23)24/h13-16,19,25H,4-12H2,1-3H3. The first-order valence-corrected chi connectivity index (χ1v) is 9.95. The molecular weight excluding hydrogens is 357 g/mol. The molecule has 0 heterocycles. The van der Waals surface area contributed by atoms with E-state index >= 15 is 0 Å². The van der Waals surface area contributed by atoms with E-state index in [1.807, 2.05) is 0 Å². The average Bonchev–Trinajstić information content (AvgIpc) is 2.61. The Hall–Kier alpha value is -1.11.